The molecular formula is C13H14N2O4. The zero-order valence-corrected chi connectivity index (χ0v) is 10.5. The van der Waals surface area contributed by atoms with Gasteiger partial charge in [-0.1, -0.05) is 12.1 Å². The van der Waals surface area contributed by atoms with Crippen molar-refractivity contribution in [3.8, 4) is 0 Å². The summed E-state index contributed by atoms with van der Waals surface area (Å²) in [5.41, 5.74) is 0.156. The minimum atomic E-state index is -0.673. The van der Waals surface area contributed by atoms with Gasteiger partial charge in [0.25, 0.3) is 5.69 Å². The molecule has 1 saturated heterocycles. The predicted octanol–water partition coefficient (Wildman–Crippen LogP) is 1.93. The second-order valence-electron chi connectivity index (χ2n) is 4.54. The van der Waals surface area contributed by atoms with Crippen molar-refractivity contribution in [1.82, 2.24) is 0 Å². The van der Waals surface area contributed by atoms with Crippen LogP contribution < -0.4 is 4.90 Å². The Labute approximate surface area is 110 Å². The number of nitrogens with zero attached hydrogens (tertiary/aromatic N) is 2. The quantitative estimate of drug-likeness (QED) is 0.473. The van der Waals surface area contributed by atoms with Gasteiger partial charge in [0.15, 0.2) is 0 Å². The van der Waals surface area contributed by atoms with Crippen molar-refractivity contribution < 1.29 is 14.5 Å². The smallest absolute Gasteiger partial charge is 0.292 e. The van der Waals surface area contributed by atoms with E-state index in [-0.39, 0.29) is 23.1 Å². The third-order valence-electron chi connectivity index (χ3n) is 3.30. The Morgan fingerprint density at radius 1 is 1.42 bits per heavy atom. The summed E-state index contributed by atoms with van der Waals surface area (Å²) in [6.07, 6.45) is 1.19. The molecule has 6 heteroatoms. The van der Waals surface area contributed by atoms with Gasteiger partial charge in [-0.15, -0.1) is 0 Å². The van der Waals surface area contributed by atoms with Gasteiger partial charge in [0.2, 0.25) is 5.91 Å². The zero-order chi connectivity index (χ0) is 14.0. The van der Waals surface area contributed by atoms with Gasteiger partial charge in [0.1, 0.15) is 11.5 Å². The van der Waals surface area contributed by atoms with Crippen LogP contribution in [0, 0.1) is 16.0 Å². The molecule has 0 bridgehead atoms. The number of benzene rings is 1. The van der Waals surface area contributed by atoms with Crippen molar-refractivity contribution in [3.05, 3.63) is 34.4 Å². The van der Waals surface area contributed by atoms with Crippen LogP contribution in [0.5, 0.6) is 0 Å². The Morgan fingerprint density at radius 3 is 2.74 bits per heavy atom. The first-order valence-corrected chi connectivity index (χ1v) is 6.07. The number of hydrogen-bond acceptors (Lipinski definition) is 4. The van der Waals surface area contributed by atoms with E-state index < -0.39 is 10.8 Å². The van der Waals surface area contributed by atoms with Gasteiger partial charge in [-0.05, 0) is 25.8 Å². The number of hydrogen-bond donors (Lipinski definition) is 0. The standard InChI is InChI=1S/C13H14N2O4/c1-9(16)10-5-4-8-14(13(10)17)11-6-2-3-7-12(11)15(18)19/h2-3,6-7,10H,4-5,8H2,1H3/t10-/m1/s1. The lowest BCUT2D eigenvalue weighted by molar-refractivity contribution is -0.384. The molecular weight excluding hydrogens is 248 g/mol. The highest BCUT2D eigenvalue weighted by molar-refractivity contribution is 6.09. The highest BCUT2D eigenvalue weighted by Crippen LogP contribution is 2.32. The fraction of sp³-hybridized carbons (Fsp3) is 0.385. The predicted molar refractivity (Wildman–Crippen MR) is 68.9 cm³/mol. The van der Waals surface area contributed by atoms with E-state index in [0.29, 0.717) is 19.4 Å². The van der Waals surface area contributed by atoms with Crippen LogP contribution in [-0.4, -0.2) is 23.2 Å². The van der Waals surface area contributed by atoms with Crippen LogP contribution in [0.2, 0.25) is 0 Å². The summed E-state index contributed by atoms with van der Waals surface area (Å²) in [6.45, 7) is 1.79. The molecule has 1 amide bonds. The highest BCUT2D eigenvalue weighted by Gasteiger charge is 2.35. The van der Waals surface area contributed by atoms with Crippen LogP contribution >= 0.6 is 0 Å². The van der Waals surface area contributed by atoms with Crippen LogP contribution in [0.25, 0.3) is 0 Å². The molecule has 0 N–H and O–H groups in total. The molecule has 1 aromatic carbocycles. The number of nitro groups is 1. The third kappa shape index (κ3) is 2.47. The molecule has 1 fully saturated rings. The number of anilines is 1. The normalized spacial score (nSPS) is 19.3. The number of para-hydroxylation sites is 2. The lowest BCUT2D eigenvalue weighted by Gasteiger charge is -2.30. The zero-order valence-electron chi connectivity index (χ0n) is 10.5. The van der Waals surface area contributed by atoms with Gasteiger partial charge in [-0.3, -0.25) is 19.7 Å². The van der Waals surface area contributed by atoms with Gasteiger partial charge in [-0.25, -0.2) is 0 Å². The first-order valence-electron chi connectivity index (χ1n) is 6.07. The molecule has 0 unspecified atom stereocenters. The topological polar surface area (TPSA) is 80.5 Å². The maximum absolute atomic E-state index is 12.2. The summed E-state index contributed by atoms with van der Waals surface area (Å²) in [4.78, 5) is 35.5. The molecule has 2 rings (SSSR count). The maximum atomic E-state index is 12.2. The number of carbonyl (C=O) groups excluding carboxylic acids is 2. The van der Waals surface area contributed by atoms with E-state index in [1.54, 1.807) is 18.2 Å². The molecule has 1 heterocycles. The average molecular weight is 262 g/mol. The first kappa shape index (κ1) is 13.2. The van der Waals surface area contributed by atoms with E-state index in [9.17, 15) is 19.7 Å². The van der Waals surface area contributed by atoms with E-state index in [0.717, 1.165) is 0 Å². The van der Waals surface area contributed by atoms with E-state index in [2.05, 4.69) is 0 Å². The fourth-order valence-corrected chi connectivity index (χ4v) is 2.34. The summed E-state index contributed by atoms with van der Waals surface area (Å²) in [5.74, 6) is -1.20. The number of nitro benzene ring substituents is 1. The molecule has 1 aliphatic heterocycles. The highest BCUT2D eigenvalue weighted by atomic mass is 16.6. The van der Waals surface area contributed by atoms with Crippen LogP contribution in [0.3, 0.4) is 0 Å². The molecule has 6 nitrogen and oxygen atoms in total. The van der Waals surface area contributed by atoms with Crippen molar-refractivity contribution in [2.75, 3.05) is 11.4 Å². The lowest BCUT2D eigenvalue weighted by atomic mass is 9.93. The molecule has 0 aliphatic carbocycles. The molecule has 1 atom stereocenters. The van der Waals surface area contributed by atoms with Crippen molar-refractivity contribution in [2.24, 2.45) is 5.92 Å². The summed E-state index contributed by atoms with van der Waals surface area (Å²) < 4.78 is 0. The number of amides is 1. The van der Waals surface area contributed by atoms with Crippen molar-refractivity contribution in [1.29, 1.82) is 0 Å². The molecule has 1 aliphatic rings. The van der Waals surface area contributed by atoms with E-state index >= 15 is 0 Å². The largest absolute Gasteiger partial charge is 0.306 e. The minimum Gasteiger partial charge on any atom is -0.306 e. The Hall–Kier alpha value is -2.24. The van der Waals surface area contributed by atoms with E-state index in [4.69, 9.17) is 0 Å². The Kier molecular flexibility index (Phi) is 3.59. The fourth-order valence-electron chi connectivity index (χ4n) is 2.34. The molecule has 0 spiro atoms. The lowest BCUT2D eigenvalue weighted by Crippen LogP contribution is -2.44. The molecule has 1 aromatic rings. The Morgan fingerprint density at radius 2 is 2.11 bits per heavy atom. The van der Waals surface area contributed by atoms with E-state index in [1.165, 1.54) is 17.9 Å². The maximum Gasteiger partial charge on any atom is 0.292 e. The second kappa shape index (κ2) is 5.17. The number of Topliss-reactive ketones (excluding diaryl/α,β-unsaturated/α-hetero) is 1. The van der Waals surface area contributed by atoms with Crippen LogP contribution in [0.15, 0.2) is 24.3 Å². The van der Waals surface area contributed by atoms with Gasteiger partial charge >= 0.3 is 0 Å². The summed E-state index contributed by atoms with van der Waals surface area (Å²) in [6, 6.07) is 6.10. The van der Waals surface area contributed by atoms with Crippen molar-refractivity contribution >= 4 is 23.1 Å². The van der Waals surface area contributed by atoms with Crippen LogP contribution in [0.4, 0.5) is 11.4 Å². The number of piperidine rings is 1. The monoisotopic (exact) mass is 262 g/mol. The molecule has 19 heavy (non-hydrogen) atoms. The number of rotatable bonds is 3. The van der Waals surface area contributed by atoms with Crippen LogP contribution in [-0.2, 0) is 9.59 Å². The number of ketones is 1. The Balaban J connectivity index is 2.39. The number of carbonyl (C=O) groups is 2. The van der Waals surface area contributed by atoms with Gasteiger partial charge < -0.3 is 4.90 Å². The summed E-state index contributed by atoms with van der Waals surface area (Å²) >= 11 is 0. The van der Waals surface area contributed by atoms with Crippen LogP contribution in [0.1, 0.15) is 19.8 Å². The SMILES string of the molecule is CC(=O)[C@H]1CCCN(c2ccccc2[N+](=O)[O-])C1=O. The molecule has 0 saturated carbocycles. The average Bonchev–Trinajstić information content (AvgIpc) is 2.38. The second-order valence-corrected chi connectivity index (χ2v) is 4.54. The third-order valence-corrected chi connectivity index (χ3v) is 3.30. The van der Waals surface area contributed by atoms with Crippen molar-refractivity contribution in [2.45, 2.75) is 19.8 Å². The van der Waals surface area contributed by atoms with Crippen molar-refractivity contribution in [3.63, 3.8) is 0 Å². The molecule has 100 valence electrons. The summed E-state index contributed by atoms with van der Waals surface area (Å²) in [5, 5.41) is 11.0. The molecule has 0 aromatic heterocycles. The van der Waals surface area contributed by atoms with Gasteiger partial charge in [0.05, 0.1) is 10.8 Å². The molecule has 0 radical (unpaired) electrons. The van der Waals surface area contributed by atoms with E-state index in [1.807, 2.05) is 0 Å². The van der Waals surface area contributed by atoms with Gasteiger partial charge in [-0.2, -0.15) is 0 Å². The Bertz CT molecular complexity index is 541. The minimum absolute atomic E-state index is 0.111. The summed E-state index contributed by atoms with van der Waals surface area (Å²) in [7, 11) is 0. The first-order chi connectivity index (χ1) is 9.02. The van der Waals surface area contributed by atoms with Gasteiger partial charge in [0, 0.05) is 12.6 Å².